The summed E-state index contributed by atoms with van der Waals surface area (Å²) in [7, 11) is 1.99. The minimum atomic E-state index is 0.0254. The summed E-state index contributed by atoms with van der Waals surface area (Å²) in [5, 5.41) is 8.84. The molecule has 1 fully saturated rings. The van der Waals surface area contributed by atoms with Crippen molar-refractivity contribution in [3.8, 4) is 6.07 Å². The van der Waals surface area contributed by atoms with Gasteiger partial charge >= 0.3 is 0 Å². The second-order valence-electron chi connectivity index (χ2n) is 3.25. The Balaban J connectivity index is 2.41. The molecule has 13 heavy (non-hydrogen) atoms. The maximum atomic E-state index is 8.84. The summed E-state index contributed by atoms with van der Waals surface area (Å²) in [5.41, 5.74) is 1.53. The second-order valence-corrected chi connectivity index (χ2v) is 3.50. The zero-order chi connectivity index (χ0) is 9.68. The van der Waals surface area contributed by atoms with Crippen LogP contribution < -0.4 is 0 Å². The quantitative estimate of drug-likeness (QED) is 0.662. The third kappa shape index (κ3) is 3.00. The fourth-order valence-corrected chi connectivity index (χ4v) is 1.50. The van der Waals surface area contributed by atoms with E-state index in [1.54, 1.807) is 0 Å². The zero-order valence-electron chi connectivity index (χ0n) is 7.78. The van der Waals surface area contributed by atoms with E-state index < -0.39 is 0 Å². The van der Waals surface area contributed by atoms with Crippen LogP contribution in [0.15, 0.2) is 11.6 Å². The SMILES string of the molecule is CN1CCN(C/C=C/Cl)CC1C#N. The molecule has 0 bridgehead atoms. The van der Waals surface area contributed by atoms with Crippen LogP contribution in [-0.4, -0.2) is 49.1 Å². The van der Waals surface area contributed by atoms with Gasteiger partial charge in [0.05, 0.1) is 6.07 Å². The number of nitriles is 1. The third-order valence-electron chi connectivity index (χ3n) is 2.33. The van der Waals surface area contributed by atoms with Crippen LogP contribution in [0, 0.1) is 11.3 Å². The van der Waals surface area contributed by atoms with Gasteiger partial charge in [0.15, 0.2) is 0 Å². The van der Waals surface area contributed by atoms with E-state index >= 15 is 0 Å². The molecule has 1 atom stereocenters. The molecule has 72 valence electrons. The average molecular weight is 200 g/mol. The van der Waals surface area contributed by atoms with E-state index in [1.165, 1.54) is 5.54 Å². The van der Waals surface area contributed by atoms with Gasteiger partial charge < -0.3 is 0 Å². The summed E-state index contributed by atoms with van der Waals surface area (Å²) in [6.07, 6.45) is 1.90. The predicted molar refractivity (Wildman–Crippen MR) is 53.5 cm³/mol. The molecule has 1 unspecified atom stereocenters. The molecular weight excluding hydrogens is 186 g/mol. The molecule has 4 heteroatoms. The number of hydrogen-bond donors (Lipinski definition) is 0. The first-order valence-corrected chi connectivity index (χ1v) is 4.79. The maximum absolute atomic E-state index is 8.84. The molecule has 3 nitrogen and oxygen atoms in total. The highest BCUT2D eigenvalue weighted by Crippen LogP contribution is 2.06. The van der Waals surface area contributed by atoms with Crippen molar-refractivity contribution in [1.29, 1.82) is 5.26 Å². The second kappa shape index (κ2) is 5.23. The van der Waals surface area contributed by atoms with Crippen molar-refractivity contribution in [2.45, 2.75) is 6.04 Å². The number of halogens is 1. The van der Waals surface area contributed by atoms with Crippen LogP contribution in [0.3, 0.4) is 0 Å². The highest BCUT2D eigenvalue weighted by atomic mass is 35.5. The number of piperazine rings is 1. The molecule has 0 aromatic rings. The highest BCUT2D eigenvalue weighted by molar-refractivity contribution is 6.25. The Labute approximate surface area is 84.2 Å². The van der Waals surface area contributed by atoms with Crippen LogP contribution in [0.25, 0.3) is 0 Å². The Kier molecular flexibility index (Phi) is 4.23. The van der Waals surface area contributed by atoms with Crippen LogP contribution in [0.4, 0.5) is 0 Å². The average Bonchev–Trinajstić information content (AvgIpc) is 2.16. The fourth-order valence-electron chi connectivity index (χ4n) is 1.42. The van der Waals surface area contributed by atoms with E-state index in [-0.39, 0.29) is 6.04 Å². The van der Waals surface area contributed by atoms with Gasteiger partial charge in [-0.25, -0.2) is 0 Å². The molecule has 0 spiro atoms. The third-order valence-corrected chi connectivity index (χ3v) is 2.51. The van der Waals surface area contributed by atoms with E-state index in [0.717, 1.165) is 26.2 Å². The summed E-state index contributed by atoms with van der Waals surface area (Å²) in [6.45, 7) is 3.62. The zero-order valence-corrected chi connectivity index (χ0v) is 8.54. The minimum Gasteiger partial charge on any atom is -0.296 e. The molecule has 0 saturated carbocycles. The topological polar surface area (TPSA) is 30.3 Å². The monoisotopic (exact) mass is 199 g/mol. The van der Waals surface area contributed by atoms with Crippen molar-refractivity contribution in [1.82, 2.24) is 9.80 Å². The van der Waals surface area contributed by atoms with E-state index in [1.807, 2.05) is 13.1 Å². The molecule has 0 amide bonds. The van der Waals surface area contributed by atoms with Crippen molar-refractivity contribution in [3.05, 3.63) is 11.6 Å². The first kappa shape index (κ1) is 10.5. The maximum Gasteiger partial charge on any atom is 0.110 e. The number of likely N-dealkylation sites (N-methyl/N-ethyl adjacent to an activating group) is 1. The first-order chi connectivity index (χ1) is 6.27. The molecule has 1 rings (SSSR count). The molecule has 1 aliphatic heterocycles. The van der Waals surface area contributed by atoms with Crippen LogP contribution in [0.5, 0.6) is 0 Å². The largest absolute Gasteiger partial charge is 0.296 e. The lowest BCUT2D eigenvalue weighted by Gasteiger charge is -2.35. The highest BCUT2D eigenvalue weighted by Gasteiger charge is 2.22. The van der Waals surface area contributed by atoms with Crippen LogP contribution in [0.2, 0.25) is 0 Å². The molecule has 0 aromatic carbocycles. The summed E-state index contributed by atoms with van der Waals surface area (Å²) in [6, 6.07) is 2.31. The summed E-state index contributed by atoms with van der Waals surface area (Å²) < 4.78 is 0. The Hall–Kier alpha value is -0.560. The minimum absolute atomic E-state index is 0.0254. The van der Waals surface area contributed by atoms with Crippen molar-refractivity contribution >= 4 is 11.6 Å². The van der Waals surface area contributed by atoms with Gasteiger partial charge in [0.2, 0.25) is 0 Å². The number of rotatable bonds is 2. The predicted octanol–water partition coefficient (Wildman–Crippen LogP) is 0.878. The Bertz CT molecular complexity index is 221. The van der Waals surface area contributed by atoms with Gasteiger partial charge in [-0.1, -0.05) is 17.7 Å². The molecule has 1 saturated heterocycles. The van der Waals surface area contributed by atoms with Crippen LogP contribution in [0.1, 0.15) is 0 Å². The van der Waals surface area contributed by atoms with Crippen LogP contribution >= 0.6 is 11.6 Å². The summed E-state index contributed by atoms with van der Waals surface area (Å²) in [4.78, 5) is 4.31. The van der Waals surface area contributed by atoms with E-state index in [2.05, 4.69) is 15.9 Å². The lowest BCUT2D eigenvalue weighted by atomic mass is 10.2. The molecule has 0 radical (unpaired) electrons. The smallest absolute Gasteiger partial charge is 0.110 e. The molecule has 1 heterocycles. The van der Waals surface area contributed by atoms with Gasteiger partial charge in [0, 0.05) is 31.7 Å². The van der Waals surface area contributed by atoms with Crippen LogP contribution in [-0.2, 0) is 0 Å². The number of nitrogens with zero attached hydrogens (tertiary/aromatic N) is 3. The number of hydrogen-bond acceptors (Lipinski definition) is 3. The van der Waals surface area contributed by atoms with Crippen molar-refractivity contribution in [2.24, 2.45) is 0 Å². The lowest BCUT2D eigenvalue weighted by molar-refractivity contribution is 0.133. The summed E-state index contributed by atoms with van der Waals surface area (Å²) in [5.74, 6) is 0. The van der Waals surface area contributed by atoms with Gasteiger partial charge in [-0.05, 0) is 7.05 Å². The van der Waals surface area contributed by atoms with Gasteiger partial charge in [0.25, 0.3) is 0 Å². The van der Waals surface area contributed by atoms with E-state index in [4.69, 9.17) is 16.9 Å². The fraction of sp³-hybridized carbons (Fsp3) is 0.667. The Morgan fingerprint density at radius 1 is 1.62 bits per heavy atom. The molecule has 0 N–H and O–H groups in total. The normalized spacial score (nSPS) is 26.4. The first-order valence-electron chi connectivity index (χ1n) is 4.35. The Morgan fingerprint density at radius 2 is 2.38 bits per heavy atom. The van der Waals surface area contributed by atoms with E-state index in [0.29, 0.717) is 0 Å². The standard InChI is InChI=1S/C9H14ClN3/c1-12-5-6-13(4-2-3-10)8-9(12)7-11/h2-3,9H,4-6,8H2,1H3/b3-2+. The van der Waals surface area contributed by atoms with Gasteiger partial charge in [-0.2, -0.15) is 5.26 Å². The van der Waals surface area contributed by atoms with Crippen molar-refractivity contribution < 1.29 is 0 Å². The van der Waals surface area contributed by atoms with Gasteiger partial charge in [-0.15, -0.1) is 0 Å². The molecule has 0 aromatic heterocycles. The molecule has 1 aliphatic rings. The van der Waals surface area contributed by atoms with Crippen molar-refractivity contribution in [2.75, 3.05) is 33.2 Å². The van der Waals surface area contributed by atoms with Crippen molar-refractivity contribution in [3.63, 3.8) is 0 Å². The lowest BCUT2D eigenvalue weighted by Crippen LogP contribution is -2.50. The van der Waals surface area contributed by atoms with Gasteiger partial charge in [-0.3, -0.25) is 9.80 Å². The van der Waals surface area contributed by atoms with E-state index in [9.17, 15) is 0 Å². The van der Waals surface area contributed by atoms with Gasteiger partial charge in [0.1, 0.15) is 6.04 Å². The summed E-state index contributed by atoms with van der Waals surface area (Å²) >= 11 is 5.44. The molecular formula is C9H14ClN3. The molecule has 0 aliphatic carbocycles. The Morgan fingerprint density at radius 3 is 3.00 bits per heavy atom.